The first-order chi connectivity index (χ1) is 8.65. The Morgan fingerprint density at radius 2 is 2.17 bits per heavy atom. The molecule has 0 aliphatic heterocycles. The first-order valence-corrected chi connectivity index (χ1v) is 5.30. The van der Waals surface area contributed by atoms with Gasteiger partial charge in [0.2, 0.25) is 0 Å². The second kappa shape index (κ2) is 5.11. The molecule has 0 spiro atoms. The molecule has 18 heavy (non-hydrogen) atoms. The number of ether oxygens (including phenoxy) is 1. The van der Waals surface area contributed by atoms with E-state index in [1.807, 2.05) is 0 Å². The van der Waals surface area contributed by atoms with E-state index in [0.717, 1.165) is 0 Å². The number of hydrogen-bond donors (Lipinski definition) is 1. The van der Waals surface area contributed by atoms with E-state index < -0.39 is 5.97 Å². The number of carboxylic acids is 1. The highest BCUT2D eigenvalue weighted by Gasteiger charge is 2.23. The number of carboxylic acid groups (broad SMARTS) is 1. The van der Waals surface area contributed by atoms with Crippen molar-refractivity contribution in [2.75, 3.05) is 7.11 Å². The second-order valence-corrected chi connectivity index (χ2v) is 3.67. The Kier molecular flexibility index (Phi) is 3.54. The molecule has 0 radical (unpaired) electrons. The predicted octanol–water partition coefficient (Wildman–Crippen LogP) is 1.16. The van der Waals surface area contributed by atoms with Crippen LogP contribution in [0.2, 0.25) is 5.15 Å². The molecule has 0 bridgehead atoms. The zero-order chi connectivity index (χ0) is 13.1. The summed E-state index contributed by atoms with van der Waals surface area (Å²) in [6.07, 6.45) is 3.02. The maximum atomic E-state index is 11.1. The summed E-state index contributed by atoms with van der Waals surface area (Å²) in [5.74, 6) is -0.971. The molecule has 2 aromatic heterocycles. The van der Waals surface area contributed by atoms with Crippen molar-refractivity contribution < 1.29 is 14.6 Å². The van der Waals surface area contributed by atoms with Crippen molar-refractivity contribution in [1.29, 1.82) is 0 Å². The van der Waals surface area contributed by atoms with Crippen molar-refractivity contribution in [2.45, 2.75) is 6.61 Å². The van der Waals surface area contributed by atoms with Gasteiger partial charge in [0, 0.05) is 19.5 Å². The molecule has 0 aromatic carbocycles. The van der Waals surface area contributed by atoms with Crippen molar-refractivity contribution in [2.24, 2.45) is 0 Å². The average molecular weight is 269 g/mol. The zero-order valence-corrected chi connectivity index (χ0v) is 10.1. The summed E-state index contributed by atoms with van der Waals surface area (Å²) in [6, 6.07) is 1.63. The molecular formula is C10H9ClN4O3. The van der Waals surface area contributed by atoms with Gasteiger partial charge in [0.25, 0.3) is 5.95 Å². The molecule has 2 aromatic rings. The van der Waals surface area contributed by atoms with Crippen LogP contribution in [0.5, 0.6) is 0 Å². The number of rotatable bonds is 4. The van der Waals surface area contributed by atoms with Crippen LogP contribution in [-0.4, -0.2) is 37.9 Å². The van der Waals surface area contributed by atoms with Gasteiger partial charge in [0.1, 0.15) is 11.3 Å². The number of halogens is 1. The second-order valence-electron chi connectivity index (χ2n) is 3.31. The highest BCUT2D eigenvalue weighted by atomic mass is 35.5. The van der Waals surface area contributed by atoms with Gasteiger partial charge in [-0.2, -0.15) is 9.78 Å². The standard InChI is InChI=1S/C10H9ClN4O3/c1-18-5-6-7(9(16)17)8(11)15(14-6)10-12-3-2-4-13-10/h2-4H,5H2,1H3,(H,16,17). The first kappa shape index (κ1) is 12.5. The maximum Gasteiger partial charge on any atom is 0.340 e. The van der Waals surface area contributed by atoms with E-state index in [0.29, 0.717) is 0 Å². The number of aromatic carboxylic acids is 1. The van der Waals surface area contributed by atoms with Gasteiger partial charge < -0.3 is 9.84 Å². The van der Waals surface area contributed by atoms with E-state index in [2.05, 4.69) is 15.1 Å². The van der Waals surface area contributed by atoms with Crippen molar-refractivity contribution >= 4 is 17.6 Å². The molecule has 7 nitrogen and oxygen atoms in total. The highest BCUT2D eigenvalue weighted by Crippen LogP contribution is 2.22. The summed E-state index contributed by atoms with van der Waals surface area (Å²) in [4.78, 5) is 19.0. The minimum atomic E-state index is -1.17. The van der Waals surface area contributed by atoms with E-state index in [9.17, 15) is 4.79 Å². The van der Waals surface area contributed by atoms with Crippen LogP contribution in [0, 0.1) is 0 Å². The zero-order valence-electron chi connectivity index (χ0n) is 9.37. The van der Waals surface area contributed by atoms with Crippen LogP contribution in [0.15, 0.2) is 18.5 Å². The third-order valence-corrected chi connectivity index (χ3v) is 2.49. The van der Waals surface area contributed by atoms with Crippen LogP contribution in [0.1, 0.15) is 16.1 Å². The van der Waals surface area contributed by atoms with Gasteiger partial charge in [-0.3, -0.25) is 0 Å². The van der Waals surface area contributed by atoms with E-state index in [-0.39, 0.29) is 29.0 Å². The molecule has 8 heteroatoms. The minimum absolute atomic E-state index is 0.0428. The Hall–Kier alpha value is -1.99. The summed E-state index contributed by atoms with van der Waals surface area (Å²) in [5.41, 5.74) is 0.119. The fraction of sp³-hybridized carbons (Fsp3) is 0.200. The van der Waals surface area contributed by atoms with Crippen LogP contribution >= 0.6 is 11.6 Å². The molecule has 0 atom stereocenters. The van der Waals surface area contributed by atoms with Crippen LogP contribution in [-0.2, 0) is 11.3 Å². The lowest BCUT2D eigenvalue weighted by Crippen LogP contribution is -2.03. The molecule has 0 saturated carbocycles. The number of methoxy groups -OCH3 is 1. The summed E-state index contributed by atoms with van der Waals surface area (Å²) in [7, 11) is 1.44. The topological polar surface area (TPSA) is 90.1 Å². The number of nitrogens with zero attached hydrogens (tertiary/aromatic N) is 4. The number of hydrogen-bond acceptors (Lipinski definition) is 5. The van der Waals surface area contributed by atoms with Crippen molar-refractivity contribution in [3.8, 4) is 5.95 Å². The van der Waals surface area contributed by atoms with E-state index in [1.165, 1.54) is 24.2 Å². The van der Waals surface area contributed by atoms with Gasteiger partial charge in [-0.25, -0.2) is 14.8 Å². The molecule has 0 fully saturated rings. The molecule has 94 valence electrons. The Balaban J connectivity index is 2.57. The third-order valence-electron chi connectivity index (χ3n) is 2.14. The summed E-state index contributed by atoms with van der Waals surface area (Å²) >= 11 is 5.98. The third kappa shape index (κ3) is 2.18. The number of carbonyl (C=O) groups is 1. The van der Waals surface area contributed by atoms with Gasteiger partial charge >= 0.3 is 5.97 Å². The molecule has 2 rings (SSSR count). The molecule has 0 unspecified atom stereocenters. The molecule has 0 saturated heterocycles. The first-order valence-electron chi connectivity index (χ1n) is 4.92. The van der Waals surface area contributed by atoms with E-state index in [4.69, 9.17) is 21.4 Å². The SMILES string of the molecule is COCc1nn(-c2ncccn2)c(Cl)c1C(=O)O. The summed E-state index contributed by atoms with van der Waals surface area (Å²) in [5, 5.41) is 13.1. The Bertz CT molecular complexity index is 570. The van der Waals surface area contributed by atoms with Gasteiger partial charge in [-0.05, 0) is 6.07 Å². The lowest BCUT2D eigenvalue weighted by Gasteiger charge is -1.98. The fourth-order valence-corrected chi connectivity index (χ4v) is 1.73. The molecular weight excluding hydrogens is 260 g/mol. The van der Waals surface area contributed by atoms with Crippen LogP contribution in [0.3, 0.4) is 0 Å². The van der Waals surface area contributed by atoms with Gasteiger partial charge in [-0.15, -0.1) is 0 Å². The van der Waals surface area contributed by atoms with Crippen molar-refractivity contribution in [3.05, 3.63) is 34.9 Å². The molecule has 0 aliphatic rings. The summed E-state index contributed by atoms with van der Waals surface area (Å²) in [6.45, 7) is 0.0428. The smallest absolute Gasteiger partial charge is 0.340 e. The number of aromatic nitrogens is 4. The maximum absolute atomic E-state index is 11.1. The predicted molar refractivity (Wildman–Crippen MR) is 61.8 cm³/mol. The van der Waals surface area contributed by atoms with Crippen LogP contribution in [0.4, 0.5) is 0 Å². The van der Waals surface area contributed by atoms with Crippen molar-refractivity contribution in [1.82, 2.24) is 19.7 Å². The van der Waals surface area contributed by atoms with Crippen LogP contribution in [0.25, 0.3) is 5.95 Å². The average Bonchev–Trinajstić information content (AvgIpc) is 2.68. The molecule has 0 amide bonds. The molecule has 2 heterocycles. The van der Waals surface area contributed by atoms with Gasteiger partial charge in [0.05, 0.1) is 6.61 Å². The van der Waals surface area contributed by atoms with Gasteiger partial charge in [-0.1, -0.05) is 11.6 Å². The highest BCUT2D eigenvalue weighted by molar-refractivity contribution is 6.32. The van der Waals surface area contributed by atoms with Gasteiger partial charge in [0.15, 0.2) is 5.15 Å². The Labute approximate surface area is 107 Å². The Morgan fingerprint density at radius 3 is 2.72 bits per heavy atom. The fourth-order valence-electron chi connectivity index (χ4n) is 1.42. The van der Waals surface area contributed by atoms with E-state index >= 15 is 0 Å². The molecule has 1 N–H and O–H groups in total. The minimum Gasteiger partial charge on any atom is -0.478 e. The lowest BCUT2D eigenvalue weighted by atomic mass is 10.2. The monoisotopic (exact) mass is 268 g/mol. The lowest BCUT2D eigenvalue weighted by molar-refractivity contribution is 0.0692. The molecule has 0 aliphatic carbocycles. The Morgan fingerprint density at radius 1 is 1.50 bits per heavy atom. The van der Waals surface area contributed by atoms with Crippen LogP contribution < -0.4 is 0 Å². The van der Waals surface area contributed by atoms with Crippen molar-refractivity contribution in [3.63, 3.8) is 0 Å². The summed E-state index contributed by atoms with van der Waals surface area (Å²) < 4.78 is 6.05. The largest absolute Gasteiger partial charge is 0.478 e. The quantitative estimate of drug-likeness (QED) is 0.895. The van der Waals surface area contributed by atoms with E-state index in [1.54, 1.807) is 6.07 Å². The normalized spacial score (nSPS) is 10.6.